The second-order valence-corrected chi connectivity index (χ2v) is 11.4. The van der Waals surface area contributed by atoms with Crippen molar-refractivity contribution >= 4 is 40.6 Å². The van der Waals surface area contributed by atoms with Gasteiger partial charge in [0.25, 0.3) is 5.91 Å². The fourth-order valence-corrected chi connectivity index (χ4v) is 8.25. The van der Waals surface area contributed by atoms with Crippen LogP contribution in [0.1, 0.15) is 39.9 Å². The Morgan fingerprint density at radius 1 is 1.00 bits per heavy atom. The molecular formula is C31H28ClN3O5. The minimum absolute atomic E-state index is 0.250. The van der Waals surface area contributed by atoms with Gasteiger partial charge in [-0.2, -0.15) is 0 Å². The summed E-state index contributed by atoms with van der Waals surface area (Å²) >= 11 is 6.62. The van der Waals surface area contributed by atoms with Crippen molar-refractivity contribution in [2.45, 2.75) is 36.8 Å². The highest BCUT2D eigenvalue weighted by Gasteiger charge is 2.81. The summed E-state index contributed by atoms with van der Waals surface area (Å²) in [6.45, 7) is 2.45. The molecule has 0 radical (unpaired) electrons. The molecule has 2 saturated heterocycles. The van der Waals surface area contributed by atoms with Crippen LogP contribution in [0.15, 0.2) is 54.6 Å². The molecule has 0 aromatic heterocycles. The van der Waals surface area contributed by atoms with E-state index in [0.29, 0.717) is 57.6 Å². The van der Waals surface area contributed by atoms with Gasteiger partial charge in [0.15, 0.2) is 5.78 Å². The normalized spacial score (nSPS) is 27.9. The number of ether oxygens (including phenoxy) is 2. The number of hydrogen-bond acceptors (Lipinski definition) is 6. The van der Waals surface area contributed by atoms with E-state index in [1.807, 2.05) is 31.2 Å². The number of aryl methyl sites for hydroxylation is 1. The summed E-state index contributed by atoms with van der Waals surface area (Å²) < 4.78 is 11.0. The standard InChI is InChI=1S/C31H28ClN3O5/c1-16-13-17(32)14-21-26(16)34-29(38)31(21)30(20-7-4-5-8-22(20)33-28(30)37)25(23-9-6-12-35(23)31)27(36)19-11-10-18(39-2)15-24(19)40-3/h4-5,7-8,10-11,13-15,23,25H,6,9,12H2,1-3H3,(H,33,37)(H,34,38)/t23-,25-,30-,31-/m0/s1. The fourth-order valence-electron chi connectivity index (χ4n) is 7.98. The van der Waals surface area contributed by atoms with E-state index in [4.69, 9.17) is 21.1 Å². The average Bonchev–Trinajstić information content (AvgIpc) is 3.67. The van der Waals surface area contributed by atoms with Crippen LogP contribution in [0, 0.1) is 12.8 Å². The fraction of sp³-hybridized carbons (Fsp3) is 0.323. The van der Waals surface area contributed by atoms with Crippen molar-refractivity contribution < 1.29 is 23.9 Å². The third-order valence-corrected chi connectivity index (χ3v) is 9.54. The smallest absolute Gasteiger partial charge is 0.251 e. The third kappa shape index (κ3) is 2.82. The number of anilines is 2. The number of methoxy groups -OCH3 is 2. The lowest BCUT2D eigenvalue weighted by Gasteiger charge is -2.43. The number of ketones is 1. The summed E-state index contributed by atoms with van der Waals surface area (Å²) in [5.41, 5.74) is 0.643. The van der Waals surface area contributed by atoms with Gasteiger partial charge in [0.1, 0.15) is 22.5 Å². The lowest BCUT2D eigenvalue weighted by Crippen LogP contribution is -2.62. The second kappa shape index (κ2) is 8.56. The number of nitrogens with zero attached hydrogens (tertiary/aromatic N) is 1. The van der Waals surface area contributed by atoms with Crippen LogP contribution in [0.4, 0.5) is 11.4 Å². The molecule has 8 nitrogen and oxygen atoms in total. The zero-order valence-electron chi connectivity index (χ0n) is 22.3. The first kappa shape index (κ1) is 25.1. The number of hydrogen-bond donors (Lipinski definition) is 2. The van der Waals surface area contributed by atoms with Gasteiger partial charge in [-0.25, -0.2) is 0 Å². The number of fused-ring (bicyclic) bond motifs is 7. The summed E-state index contributed by atoms with van der Waals surface area (Å²) in [7, 11) is 3.05. The molecule has 2 spiro atoms. The Morgan fingerprint density at radius 2 is 1.80 bits per heavy atom. The zero-order valence-corrected chi connectivity index (χ0v) is 23.1. The van der Waals surface area contributed by atoms with E-state index in [-0.39, 0.29) is 23.6 Å². The van der Waals surface area contributed by atoms with Crippen molar-refractivity contribution in [2.24, 2.45) is 5.92 Å². The lowest BCUT2D eigenvalue weighted by atomic mass is 9.57. The summed E-state index contributed by atoms with van der Waals surface area (Å²) in [6.07, 6.45) is 1.45. The summed E-state index contributed by atoms with van der Waals surface area (Å²) in [5, 5.41) is 6.63. The van der Waals surface area contributed by atoms with E-state index < -0.39 is 16.9 Å². The van der Waals surface area contributed by atoms with E-state index >= 15 is 0 Å². The highest BCUT2D eigenvalue weighted by Crippen LogP contribution is 2.68. The number of carbonyl (C=O) groups excluding carboxylic acids is 3. The third-order valence-electron chi connectivity index (χ3n) is 9.32. The molecular weight excluding hydrogens is 530 g/mol. The number of nitrogens with one attached hydrogen (secondary N) is 2. The number of halogens is 1. The van der Waals surface area contributed by atoms with Crippen molar-refractivity contribution in [3.8, 4) is 11.5 Å². The predicted molar refractivity (Wildman–Crippen MR) is 150 cm³/mol. The van der Waals surface area contributed by atoms with Crippen LogP contribution >= 0.6 is 11.6 Å². The van der Waals surface area contributed by atoms with Crippen molar-refractivity contribution in [1.82, 2.24) is 4.90 Å². The van der Waals surface area contributed by atoms with E-state index in [1.165, 1.54) is 7.11 Å². The monoisotopic (exact) mass is 557 g/mol. The maximum Gasteiger partial charge on any atom is 0.251 e. The van der Waals surface area contributed by atoms with Gasteiger partial charge >= 0.3 is 0 Å². The van der Waals surface area contributed by atoms with Crippen LogP contribution in [0.2, 0.25) is 5.02 Å². The Morgan fingerprint density at radius 3 is 2.58 bits per heavy atom. The van der Waals surface area contributed by atoms with Crippen LogP contribution in [-0.2, 0) is 20.5 Å². The highest BCUT2D eigenvalue weighted by molar-refractivity contribution is 6.31. The minimum atomic E-state index is -1.55. The Hall–Kier alpha value is -3.88. The molecule has 0 unspecified atom stereocenters. The average molecular weight is 558 g/mol. The van der Waals surface area contributed by atoms with E-state index in [9.17, 15) is 14.4 Å². The van der Waals surface area contributed by atoms with Gasteiger partial charge in [-0.05, 0) is 67.8 Å². The van der Waals surface area contributed by atoms with Crippen LogP contribution in [-0.4, -0.2) is 49.3 Å². The van der Waals surface area contributed by atoms with Gasteiger partial charge in [-0.15, -0.1) is 0 Å². The molecule has 2 fully saturated rings. The molecule has 4 aliphatic heterocycles. The topological polar surface area (TPSA) is 97.0 Å². The van der Waals surface area contributed by atoms with E-state index in [0.717, 1.165) is 12.0 Å². The maximum absolute atomic E-state index is 14.9. The van der Waals surface area contributed by atoms with Gasteiger partial charge in [-0.3, -0.25) is 19.3 Å². The zero-order chi connectivity index (χ0) is 28.0. The molecule has 204 valence electrons. The van der Waals surface area contributed by atoms with Crippen molar-refractivity contribution in [3.05, 3.63) is 81.9 Å². The van der Waals surface area contributed by atoms with Crippen LogP contribution in [0.25, 0.3) is 0 Å². The van der Waals surface area contributed by atoms with Gasteiger partial charge in [-0.1, -0.05) is 29.8 Å². The molecule has 0 aliphatic carbocycles. The van der Waals surface area contributed by atoms with Gasteiger partial charge in [0.05, 0.1) is 25.7 Å². The van der Waals surface area contributed by atoms with Gasteiger partial charge in [0.2, 0.25) is 5.91 Å². The number of amides is 2. The molecule has 2 amide bonds. The molecule has 4 heterocycles. The molecule has 7 rings (SSSR count). The van der Waals surface area contributed by atoms with Crippen LogP contribution < -0.4 is 20.1 Å². The highest BCUT2D eigenvalue weighted by atomic mass is 35.5. The number of rotatable bonds is 4. The van der Waals surface area contributed by atoms with Crippen LogP contribution in [0.3, 0.4) is 0 Å². The molecule has 2 N–H and O–H groups in total. The Kier molecular flexibility index (Phi) is 5.37. The number of Topliss-reactive ketones (excluding diaryl/α,β-unsaturated/α-hetero) is 1. The minimum Gasteiger partial charge on any atom is -0.497 e. The Bertz CT molecular complexity index is 1640. The van der Waals surface area contributed by atoms with Crippen molar-refractivity contribution in [3.63, 3.8) is 0 Å². The molecule has 3 aromatic carbocycles. The molecule has 0 bridgehead atoms. The van der Waals surface area contributed by atoms with Crippen molar-refractivity contribution in [2.75, 3.05) is 31.4 Å². The van der Waals surface area contributed by atoms with Crippen LogP contribution in [0.5, 0.6) is 11.5 Å². The first-order valence-corrected chi connectivity index (χ1v) is 13.7. The lowest BCUT2D eigenvalue weighted by molar-refractivity contribution is -0.137. The summed E-state index contributed by atoms with van der Waals surface area (Å²) in [4.78, 5) is 46.2. The molecule has 0 saturated carbocycles. The maximum atomic E-state index is 14.9. The summed E-state index contributed by atoms with van der Waals surface area (Å²) in [5.74, 6) is -0.909. The SMILES string of the molecule is COc1ccc(C(=O)[C@@H]2[C@@H]3CCCN3[C@@]3(C(=O)Nc4c(C)cc(Cl)cc43)[C@]23C(=O)Nc2ccccc23)c(OC)c1. The molecule has 3 aromatic rings. The first-order chi connectivity index (χ1) is 19.3. The Balaban J connectivity index is 1.58. The Labute approximate surface area is 236 Å². The van der Waals surface area contributed by atoms with Crippen molar-refractivity contribution in [1.29, 1.82) is 0 Å². The number of carbonyl (C=O) groups is 3. The molecule has 4 aliphatic rings. The summed E-state index contributed by atoms with van der Waals surface area (Å²) in [6, 6.07) is 15.7. The molecule has 9 heteroatoms. The predicted octanol–water partition coefficient (Wildman–Crippen LogP) is 4.68. The first-order valence-electron chi connectivity index (χ1n) is 13.4. The second-order valence-electron chi connectivity index (χ2n) is 10.9. The van der Waals surface area contributed by atoms with E-state index in [2.05, 4.69) is 15.5 Å². The largest absolute Gasteiger partial charge is 0.497 e. The van der Waals surface area contributed by atoms with E-state index in [1.54, 1.807) is 37.4 Å². The van der Waals surface area contributed by atoms with Gasteiger partial charge < -0.3 is 20.1 Å². The van der Waals surface area contributed by atoms with Gasteiger partial charge in [0, 0.05) is 34.1 Å². The quantitative estimate of drug-likeness (QED) is 0.452. The number of para-hydroxylation sites is 1. The number of benzene rings is 3. The molecule has 40 heavy (non-hydrogen) atoms. The molecule has 4 atom stereocenters.